The molecule has 2 N–H and O–H groups in total. The standard InChI is InChI=1S/C17H16Cl4N2/c1-10(22-16-12(18)5-3-6-13(16)19)9-11(2)23-17-14(20)7-4-8-15(17)21/h3-10,22-23H,1-2H3. The molecule has 0 saturated heterocycles. The molecule has 6 heteroatoms. The zero-order valence-corrected chi connectivity index (χ0v) is 15.7. The molecule has 2 aromatic carbocycles. The summed E-state index contributed by atoms with van der Waals surface area (Å²) in [6.45, 7) is 3.94. The molecule has 0 amide bonds. The molecule has 0 aromatic heterocycles. The van der Waals surface area contributed by atoms with E-state index < -0.39 is 0 Å². The quantitative estimate of drug-likeness (QED) is 0.568. The largest absolute Gasteiger partial charge is 0.377 e. The van der Waals surface area contributed by atoms with Crippen LogP contribution in [0.2, 0.25) is 20.1 Å². The fraction of sp³-hybridized carbons (Fsp3) is 0.176. The summed E-state index contributed by atoms with van der Waals surface area (Å²) >= 11 is 24.6. The Morgan fingerprint density at radius 2 is 1.30 bits per heavy atom. The third-order valence-corrected chi connectivity index (χ3v) is 4.38. The van der Waals surface area contributed by atoms with Gasteiger partial charge in [-0.2, -0.15) is 0 Å². The van der Waals surface area contributed by atoms with Crippen LogP contribution in [0.1, 0.15) is 13.8 Å². The maximum absolute atomic E-state index is 6.16. The zero-order chi connectivity index (χ0) is 17.0. The number of hydrogen-bond acceptors (Lipinski definition) is 2. The van der Waals surface area contributed by atoms with Crippen molar-refractivity contribution < 1.29 is 0 Å². The molecule has 2 nitrogen and oxygen atoms in total. The van der Waals surface area contributed by atoms with E-state index in [1.807, 2.05) is 26.0 Å². The van der Waals surface area contributed by atoms with Crippen molar-refractivity contribution in [3.8, 4) is 0 Å². The molecular weight excluding hydrogens is 374 g/mol. The average molecular weight is 390 g/mol. The molecule has 1 unspecified atom stereocenters. The summed E-state index contributed by atoms with van der Waals surface area (Å²) in [6.07, 6.45) is 2.00. The van der Waals surface area contributed by atoms with E-state index in [4.69, 9.17) is 46.4 Å². The lowest BCUT2D eigenvalue weighted by Crippen LogP contribution is -2.14. The van der Waals surface area contributed by atoms with Crippen LogP contribution in [0.25, 0.3) is 0 Å². The molecule has 1 atom stereocenters. The average Bonchev–Trinajstić information content (AvgIpc) is 2.47. The maximum atomic E-state index is 6.16. The number of anilines is 2. The third-order valence-electron chi connectivity index (χ3n) is 3.12. The van der Waals surface area contributed by atoms with Gasteiger partial charge in [-0.3, -0.25) is 0 Å². The Morgan fingerprint density at radius 3 is 1.78 bits per heavy atom. The molecule has 0 aliphatic carbocycles. The molecule has 0 bridgehead atoms. The van der Waals surface area contributed by atoms with Crippen LogP contribution in [0.5, 0.6) is 0 Å². The monoisotopic (exact) mass is 388 g/mol. The van der Waals surface area contributed by atoms with Gasteiger partial charge in [0.2, 0.25) is 0 Å². The maximum Gasteiger partial charge on any atom is 0.0760 e. The van der Waals surface area contributed by atoms with Crippen LogP contribution in [0.3, 0.4) is 0 Å². The van der Waals surface area contributed by atoms with Gasteiger partial charge in [0.25, 0.3) is 0 Å². The SMILES string of the molecule is CC(=CC(C)Nc1c(Cl)cccc1Cl)Nc1c(Cl)cccc1Cl. The van der Waals surface area contributed by atoms with Crippen LogP contribution in [-0.4, -0.2) is 6.04 Å². The van der Waals surface area contributed by atoms with Gasteiger partial charge in [0, 0.05) is 11.7 Å². The van der Waals surface area contributed by atoms with Crippen LogP contribution in [-0.2, 0) is 0 Å². The van der Waals surface area contributed by atoms with Crippen molar-refractivity contribution in [2.45, 2.75) is 19.9 Å². The Kier molecular flexibility index (Phi) is 6.49. The van der Waals surface area contributed by atoms with Crippen molar-refractivity contribution >= 4 is 57.8 Å². The number of halogens is 4. The normalized spacial score (nSPS) is 12.9. The summed E-state index contributed by atoms with van der Waals surface area (Å²) in [7, 11) is 0. The second-order valence-electron chi connectivity index (χ2n) is 5.10. The lowest BCUT2D eigenvalue weighted by molar-refractivity contribution is 0.983. The van der Waals surface area contributed by atoms with Crippen molar-refractivity contribution in [2.75, 3.05) is 10.6 Å². The summed E-state index contributed by atoms with van der Waals surface area (Å²) in [6, 6.07) is 10.8. The van der Waals surface area contributed by atoms with E-state index in [9.17, 15) is 0 Å². The van der Waals surface area contributed by atoms with Crippen LogP contribution in [0, 0.1) is 0 Å². The fourth-order valence-corrected chi connectivity index (χ4v) is 3.13. The highest BCUT2D eigenvalue weighted by Crippen LogP contribution is 2.32. The van der Waals surface area contributed by atoms with Crippen molar-refractivity contribution in [1.82, 2.24) is 0 Å². The zero-order valence-electron chi connectivity index (χ0n) is 12.6. The predicted molar refractivity (Wildman–Crippen MR) is 103 cm³/mol. The number of hydrogen-bond donors (Lipinski definition) is 2. The molecule has 23 heavy (non-hydrogen) atoms. The molecule has 0 aliphatic rings. The van der Waals surface area contributed by atoms with Crippen molar-refractivity contribution in [3.63, 3.8) is 0 Å². The fourth-order valence-electron chi connectivity index (χ4n) is 2.14. The first kappa shape index (κ1) is 18.3. The predicted octanol–water partition coefficient (Wildman–Crippen LogP) is 7.12. The Balaban J connectivity index is 2.11. The Morgan fingerprint density at radius 1 is 0.870 bits per heavy atom. The molecule has 0 fully saturated rings. The van der Waals surface area contributed by atoms with Crippen LogP contribution >= 0.6 is 46.4 Å². The van der Waals surface area contributed by atoms with Gasteiger partial charge >= 0.3 is 0 Å². The van der Waals surface area contributed by atoms with E-state index in [1.165, 1.54) is 0 Å². The van der Waals surface area contributed by atoms with E-state index >= 15 is 0 Å². The first-order chi connectivity index (χ1) is 10.9. The van der Waals surface area contributed by atoms with Gasteiger partial charge in [-0.15, -0.1) is 0 Å². The minimum Gasteiger partial charge on any atom is -0.377 e. The minimum absolute atomic E-state index is 0.00108. The highest BCUT2D eigenvalue weighted by Gasteiger charge is 2.09. The van der Waals surface area contributed by atoms with Gasteiger partial charge in [-0.1, -0.05) is 58.5 Å². The molecule has 0 radical (unpaired) electrons. The number of benzene rings is 2. The molecular formula is C17H16Cl4N2. The van der Waals surface area contributed by atoms with Gasteiger partial charge in [0.05, 0.1) is 31.5 Å². The third kappa shape index (κ3) is 4.95. The van der Waals surface area contributed by atoms with Gasteiger partial charge in [0.1, 0.15) is 0 Å². The van der Waals surface area contributed by atoms with Gasteiger partial charge in [-0.25, -0.2) is 0 Å². The molecule has 2 aromatic rings. The molecule has 0 aliphatic heterocycles. The minimum atomic E-state index is 0.00108. The molecule has 2 rings (SSSR count). The first-order valence-electron chi connectivity index (χ1n) is 6.98. The number of rotatable bonds is 5. The van der Waals surface area contributed by atoms with Crippen LogP contribution in [0.15, 0.2) is 48.2 Å². The second kappa shape index (κ2) is 8.16. The lowest BCUT2D eigenvalue weighted by Gasteiger charge is -2.17. The van der Waals surface area contributed by atoms with E-state index in [0.29, 0.717) is 31.5 Å². The first-order valence-corrected chi connectivity index (χ1v) is 8.49. The van der Waals surface area contributed by atoms with Crippen LogP contribution in [0.4, 0.5) is 11.4 Å². The number of para-hydroxylation sites is 2. The van der Waals surface area contributed by atoms with E-state index in [-0.39, 0.29) is 6.04 Å². The topological polar surface area (TPSA) is 24.1 Å². The molecule has 0 spiro atoms. The summed E-state index contributed by atoms with van der Waals surface area (Å²) in [5.41, 5.74) is 2.30. The van der Waals surface area contributed by atoms with E-state index in [2.05, 4.69) is 10.6 Å². The number of nitrogens with one attached hydrogen (secondary N) is 2. The highest BCUT2D eigenvalue weighted by molar-refractivity contribution is 6.39. The Labute approximate surface area is 156 Å². The van der Waals surface area contributed by atoms with E-state index in [0.717, 1.165) is 5.70 Å². The summed E-state index contributed by atoms with van der Waals surface area (Å²) in [4.78, 5) is 0. The van der Waals surface area contributed by atoms with E-state index in [1.54, 1.807) is 30.3 Å². The van der Waals surface area contributed by atoms with Crippen molar-refractivity contribution in [3.05, 3.63) is 68.3 Å². The van der Waals surface area contributed by atoms with Crippen molar-refractivity contribution in [1.29, 1.82) is 0 Å². The Hall–Kier alpha value is -1.06. The Bertz CT molecular complexity index is 688. The molecule has 122 valence electrons. The molecule has 0 heterocycles. The van der Waals surface area contributed by atoms with Crippen LogP contribution < -0.4 is 10.6 Å². The van der Waals surface area contributed by atoms with Gasteiger partial charge in [-0.05, 0) is 44.2 Å². The highest BCUT2D eigenvalue weighted by atomic mass is 35.5. The van der Waals surface area contributed by atoms with Gasteiger partial charge < -0.3 is 10.6 Å². The summed E-state index contributed by atoms with van der Waals surface area (Å²) in [5.74, 6) is 0. The smallest absolute Gasteiger partial charge is 0.0760 e. The molecule has 0 saturated carbocycles. The lowest BCUT2D eigenvalue weighted by atomic mass is 10.2. The van der Waals surface area contributed by atoms with Crippen molar-refractivity contribution in [2.24, 2.45) is 0 Å². The van der Waals surface area contributed by atoms with Gasteiger partial charge in [0.15, 0.2) is 0 Å². The summed E-state index contributed by atoms with van der Waals surface area (Å²) in [5, 5.41) is 8.79. The number of allylic oxidation sites excluding steroid dienone is 1. The summed E-state index contributed by atoms with van der Waals surface area (Å²) < 4.78 is 0. The second-order valence-corrected chi connectivity index (χ2v) is 6.73.